The molecule has 0 atom stereocenters. The van der Waals surface area contributed by atoms with Crippen molar-refractivity contribution in [3.63, 3.8) is 0 Å². The number of amides is 2. The van der Waals surface area contributed by atoms with Crippen molar-refractivity contribution in [3.05, 3.63) is 35.9 Å². The molecule has 1 rings (SSSR count). The van der Waals surface area contributed by atoms with Crippen molar-refractivity contribution in [2.24, 2.45) is 0 Å². The van der Waals surface area contributed by atoms with Crippen LogP contribution in [0.2, 0.25) is 0 Å². The zero-order valence-electron chi connectivity index (χ0n) is 12.5. The van der Waals surface area contributed by atoms with Crippen LogP contribution in [0.3, 0.4) is 0 Å². The Morgan fingerprint density at radius 1 is 1.00 bits per heavy atom. The molecule has 7 nitrogen and oxygen atoms in total. The summed E-state index contributed by atoms with van der Waals surface area (Å²) in [4.78, 5) is 33.8. The molecule has 0 saturated carbocycles. The smallest absolute Gasteiger partial charge is 0.407 e. The fraction of sp³-hybridized carbons (Fsp3) is 0.400. The van der Waals surface area contributed by atoms with Gasteiger partial charge in [-0.1, -0.05) is 30.3 Å². The van der Waals surface area contributed by atoms with Gasteiger partial charge in [-0.15, -0.1) is 0 Å². The Kier molecular flexibility index (Phi) is 8.10. The Morgan fingerprint density at radius 2 is 1.68 bits per heavy atom. The Hall–Kier alpha value is -2.57. The molecule has 0 heterocycles. The third-order valence-corrected chi connectivity index (χ3v) is 2.54. The lowest BCUT2D eigenvalue weighted by Gasteiger charge is -2.08. The number of rotatable bonds is 8. The first kappa shape index (κ1) is 17.5. The second-order valence-electron chi connectivity index (χ2n) is 4.32. The van der Waals surface area contributed by atoms with Crippen molar-refractivity contribution >= 4 is 18.0 Å². The minimum Gasteiger partial charge on any atom is -0.466 e. The van der Waals surface area contributed by atoms with Crippen LogP contribution in [0.1, 0.15) is 18.9 Å². The number of carbonyl (C=O) groups is 3. The Labute approximate surface area is 129 Å². The highest BCUT2D eigenvalue weighted by molar-refractivity contribution is 5.94. The normalized spacial score (nSPS) is 9.68. The fourth-order valence-corrected chi connectivity index (χ4v) is 1.55. The summed E-state index contributed by atoms with van der Waals surface area (Å²) in [5.74, 6) is -1.02. The first-order chi connectivity index (χ1) is 10.6. The summed E-state index contributed by atoms with van der Waals surface area (Å²) in [6.45, 7) is 2.50. The molecular weight excluding hydrogens is 288 g/mol. The van der Waals surface area contributed by atoms with E-state index in [4.69, 9.17) is 4.74 Å². The topological polar surface area (TPSA) is 93.7 Å². The third-order valence-electron chi connectivity index (χ3n) is 2.54. The number of benzene rings is 1. The molecule has 7 heteroatoms. The number of esters is 1. The second-order valence-corrected chi connectivity index (χ2v) is 4.32. The summed E-state index contributed by atoms with van der Waals surface area (Å²) < 4.78 is 9.64. The summed E-state index contributed by atoms with van der Waals surface area (Å²) >= 11 is 0. The molecule has 0 unspecified atom stereocenters. The van der Waals surface area contributed by atoms with Crippen LogP contribution in [0.15, 0.2) is 30.3 Å². The molecule has 0 aliphatic heterocycles. The van der Waals surface area contributed by atoms with Crippen molar-refractivity contribution in [3.8, 4) is 0 Å². The Bertz CT molecular complexity index is 490. The van der Waals surface area contributed by atoms with E-state index >= 15 is 0 Å². The number of hydrogen-bond donors (Lipinski definition) is 2. The summed E-state index contributed by atoms with van der Waals surface area (Å²) in [6, 6.07) is 9.29. The van der Waals surface area contributed by atoms with Gasteiger partial charge < -0.3 is 20.1 Å². The molecule has 0 aliphatic carbocycles. The number of ether oxygens (including phenoxy) is 2. The summed E-state index contributed by atoms with van der Waals surface area (Å²) in [5, 5.41) is 4.99. The summed E-state index contributed by atoms with van der Waals surface area (Å²) in [5.41, 5.74) is 0.889. The molecule has 2 amide bonds. The van der Waals surface area contributed by atoms with Crippen LogP contribution in [-0.4, -0.2) is 37.7 Å². The van der Waals surface area contributed by atoms with Gasteiger partial charge >= 0.3 is 12.1 Å². The summed E-state index contributed by atoms with van der Waals surface area (Å²) in [6.07, 6.45) is -0.893. The quantitative estimate of drug-likeness (QED) is 0.424. The monoisotopic (exact) mass is 308 g/mol. The van der Waals surface area contributed by atoms with E-state index in [1.165, 1.54) is 0 Å². The van der Waals surface area contributed by atoms with Gasteiger partial charge in [-0.05, 0) is 12.5 Å². The van der Waals surface area contributed by atoms with Crippen LogP contribution >= 0.6 is 0 Å². The molecule has 22 heavy (non-hydrogen) atoms. The van der Waals surface area contributed by atoms with Gasteiger partial charge in [0.1, 0.15) is 13.0 Å². The molecule has 0 radical (unpaired) electrons. The molecule has 120 valence electrons. The molecule has 0 aromatic heterocycles. The van der Waals surface area contributed by atoms with Crippen molar-refractivity contribution in [2.75, 3.05) is 19.7 Å². The third kappa shape index (κ3) is 7.88. The highest BCUT2D eigenvalue weighted by atomic mass is 16.5. The predicted molar refractivity (Wildman–Crippen MR) is 78.9 cm³/mol. The van der Waals surface area contributed by atoms with E-state index in [0.717, 1.165) is 5.56 Å². The maximum atomic E-state index is 11.4. The zero-order valence-corrected chi connectivity index (χ0v) is 12.5. The van der Waals surface area contributed by atoms with Gasteiger partial charge in [0.05, 0.1) is 6.61 Å². The summed E-state index contributed by atoms with van der Waals surface area (Å²) in [7, 11) is 0. The molecule has 0 spiro atoms. The molecule has 0 fully saturated rings. The minimum atomic E-state index is -0.574. The minimum absolute atomic E-state index is 0.182. The Morgan fingerprint density at radius 3 is 2.36 bits per heavy atom. The lowest BCUT2D eigenvalue weighted by atomic mass is 10.2. The van der Waals surface area contributed by atoms with Gasteiger partial charge in [0.25, 0.3) is 0 Å². The first-order valence-electron chi connectivity index (χ1n) is 6.98. The van der Waals surface area contributed by atoms with Crippen molar-refractivity contribution in [1.29, 1.82) is 0 Å². The van der Waals surface area contributed by atoms with Gasteiger partial charge in [-0.25, -0.2) is 4.79 Å². The average Bonchev–Trinajstić information content (AvgIpc) is 2.51. The maximum absolute atomic E-state index is 11.4. The van der Waals surface area contributed by atoms with Crippen molar-refractivity contribution < 1.29 is 23.9 Å². The van der Waals surface area contributed by atoms with Crippen LogP contribution in [-0.2, 0) is 25.7 Å². The van der Waals surface area contributed by atoms with Gasteiger partial charge in [0.15, 0.2) is 0 Å². The van der Waals surface area contributed by atoms with Gasteiger partial charge in [0.2, 0.25) is 5.91 Å². The molecule has 0 bridgehead atoms. The van der Waals surface area contributed by atoms with E-state index in [1.54, 1.807) is 6.92 Å². The van der Waals surface area contributed by atoms with Crippen molar-refractivity contribution in [1.82, 2.24) is 10.6 Å². The van der Waals surface area contributed by atoms with E-state index in [9.17, 15) is 14.4 Å². The number of hydrogen-bond acceptors (Lipinski definition) is 5. The molecule has 0 saturated heterocycles. The van der Waals surface area contributed by atoms with Gasteiger partial charge in [0, 0.05) is 13.1 Å². The number of carbonyl (C=O) groups excluding carboxylic acids is 3. The van der Waals surface area contributed by atoms with Crippen LogP contribution in [0, 0.1) is 0 Å². The van der Waals surface area contributed by atoms with Crippen LogP contribution < -0.4 is 10.6 Å². The average molecular weight is 308 g/mol. The van der Waals surface area contributed by atoms with Crippen LogP contribution in [0.25, 0.3) is 0 Å². The lowest BCUT2D eigenvalue weighted by molar-refractivity contribution is -0.145. The van der Waals surface area contributed by atoms with Gasteiger partial charge in [-0.3, -0.25) is 9.59 Å². The van der Waals surface area contributed by atoms with Gasteiger partial charge in [-0.2, -0.15) is 0 Å². The number of alkyl carbamates (subject to hydrolysis) is 1. The van der Waals surface area contributed by atoms with E-state index in [0.29, 0.717) is 0 Å². The van der Waals surface area contributed by atoms with Crippen LogP contribution in [0.5, 0.6) is 0 Å². The van der Waals surface area contributed by atoms with Crippen LogP contribution in [0.4, 0.5) is 4.79 Å². The first-order valence-corrected chi connectivity index (χ1v) is 6.98. The molecule has 1 aromatic rings. The standard InChI is InChI=1S/C15H20N2O5/c1-2-21-14(19)10-13(18)16-8-9-17-15(20)22-11-12-6-4-3-5-7-12/h3-7H,2,8-11H2,1H3,(H,16,18)(H,17,20). The van der Waals surface area contributed by atoms with E-state index in [1.807, 2.05) is 30.3 Å². The molecule has 0 aliphatic rings. The van der Waals surface area contributed by atoms with E-state index in [2.05, 4.69) is 15.4 Å². The predicted octanol–water partition coefficient (Wildman–Crippen LogP) is 0.982. The molecule has 1 aromatic carbocycles. The molecule has 2 N–H and O–H groups in total. The SMILES string of the molecule is CCOC(=O)CC(=O)NCCNC(=O)OCc1ccccc1. The fourth-order valence-electron chi connectivity index (χ4n) is 1.55. The maximum Gasteiger partial charge on any atom is 0.407 e. The lowest BCUT2D eigenvalue weighted by Crippen LogP contribution is -2.35. The Balaban J connectivity index is 2.07. The molecular formula is C15H20N2O5. The largest absolute Gasteiger partial charge is 0.466 e. The number of nitrogens with one attached hydrogen (secondary N) is 2. The zero-order chi connectivity index (χ0) is 16.2. The van der Waals surface area contributed by atoms with E-state index in [-0.39, 0.29) is 32.7 Å². The highest BCUT2D eigenvalue weighted by Gasteiger charge is 2.09. The van der Waals surface area contributed by atoms with E-state index < -0.39 is 18.0 Å². The van der Waals surface area contributed by atoms with Crippen molar-refractivity contribution in [2.45, 2.75) is 20.0 Å². The second kappa shape index (κ2) is 10.2. The highest BCUT2D eigenvalue weighted by Crippen LogP contribution is 2.00.